The van der Waals surface area contributed by atoms with E-state index in [9.17, 15) is 24.3 Å². The van der Waals surface area contributed by atoms with Gasteiger partial charge in [0, 0.05) is 25.2 Å². The maximum atomic E-state index is 13.6. The molecule has 2 saturated heterocycles. The van der Waals surface area contributed by atoms with E-state index in [1.54, 1.807) is 41.1 Å². The van der Waals surface area contributed by atoms with E-state index in [-0.39, 0.29) is 44.5 Å². The van der Waals surface area contributed by atoms with Crippen molar-refractivity contribution in [2.75, 3.05) is 19.6 Å². The molecule has 0 bridgehead atoms. The summed E-state index contributed by atoms with van der Waals surface area (Å²) in [5, 5.41) is 23.4. The number of carboxylic acids is 1. The van der Waals surface area contributed by atoms with Crippen molar-refractivity contribution in [3.05, 3.63) is 72.3 Å². The first-order valence-electron chi connectivity index (χ1n) is 12.9. The summed E-state index contributed by atoms with van der Waals surface area (Å²) >= 11 is 0. The minimum Gasteiger partial charge on any atom is -0.480 e. The van der Waals surface area contributed by atoms with Gasteiger partial charge in [0.25, 0.3) is 0 Å². The summed E-state index contributed by atoms with van der Waals surface area (Å²) in [7, 11) is 0. The zero-order chi connectivity index (χ0) is 28.4. The summed E-state index contributed by atoms with van der Waals surface area (Å²) in [5.74, 6) is -1.56. The molecule has 2 fully saturated rings. The second-order valence-electron chi connectivity index (χ2n) is 9.73. The number of hydrogen-bond acceptors (Lipinski definition) is 7. The molecule has 0 spiro atoms. The van der Waals surface area contributed by atoms with Gasteiger partial charge in [0.2, 0.25) is 11.8 Å². The van der Waals surface area contributed by atoms with E-state index in [1.165, 1.54) is 14.6 Å². The number of urea groups is 1. The number of benzene rings is 2. The Bertz CT molecular complexity index is 1460. The lowest BCUT2D eigenvalue weighted by Crippen LogP contribution is -2.75. The number of nitrogens with one attached hydrogen (secondary N) is 1. The van der Waals surface area contributed by atoms with E-state index in [0.717, 1.165) is 5.56 Å². The van der Waals surface area contributed by atoms with Crippen LogP contribution in [0.4, 0.5) is 4.79 Å². The molecule has 2 N–H and O–H groups in total. The van der Waals surface area contributed by atoms with E-state index < -0.39 is 24.2 Å². The van der Waals surface area contributed by atoms with Crippen LogP contribution in [-0.4, -0.2) is 95.6 Å². The molecule has 0 aliphatic carbocycles. The number of amides is 4. The van der Waals surface area contributed by atoms with Crippen molar-refractivity contribution in [2.45, 2.75) is 38.8 Å². The lowest BCUT2D eigenvalue weighted by atomic mass is 10.1. The number of piperazine rings is 1. The van der Waals surface area contributed by atoms with Crippen molar-refractivity contribution in [3.63, 3.8) is 0 Å². The van der Waals surface area contributed by atoms with Gasteiger partial charge in [-0.25, -0.2) is 19.5 Å². The molecule has 0 saturated carbocycles. The van der Waals surface area contributed by atoms with Gasteiger partial charge in [-0.15, -0.1) is 11.7 Å². The van der Waals surface area contributed by atoms with Crippen LogP contribution in [0.2, 0.25) is 0 Å². The van der Waals surface area contributed by atoms with Crippen molar-refractivity contribution in [1.29, 1.82) is 0 Å². The van der Waals surface area contributed by atoms with Crippen LogP contribution in [0.5, 0.6) is 0 Å². The number of aromatic nitrogens is 3. The SMILES string of the molecule is C=CCN1CC(=O)N2[C@@H](C)C(=O)N(Cc3cccc4c3nnn4CC(=O)O)C[C@@H]2N1C(=O)NCc1ccccc1. The number of hydrogen-bond donors (Lipinski definition) is 2. The van der Waals surface area contributed by atoms with Gasteiger partial charge < -0.3 is 20.2 Å². The molecule has 3 aromatic rings. The number of carbonyl (C=O) groups is 4. The molecule has 4 amide bonds. The second kappa shape index (κ2) is 11.1. The van der Waals surface area contributed by atoms with Gasteiger partial charge in [0.1, 0.15) is 24.3 Å². The van der Waals surface area contributed by atoms with Gasteiger partial charge in [-0.05, 0) is 18.6 Å². The fourth-order valence-electron chi connectivity index (χ4n) is 5.29. The molecule has 40 heavy (non-hydrogen) atoms. The van der Waals surface area contributed by atoms with E-state index >= 15 is 0 Å². The topological polar surface area (TPSA) is 144 Å². The van der Waals surface area contributed by atoms with Crippen LogP contribution in [0.25, 0.3) is 11.0 Å². The summed E-state index contributed by atoms with van der Waals surface area (Å²) in [6.07, 6.45) is 0.878. The lowest BCUT2D eigenvalue weighted by Gasteiger charge is -2.54. The number of hydrazine groups is 1. The first-order chi connectivity index (χ1) is 19.3. The molecule has 2 aliphatic heterocycles. The molecule has 3 heterocycles. The molecule has 0 unspecified atom stereocenters. The van der Waals surface area contributed by atoms with Gasteiger partial charge in [-0.3, -0.25) is 14.4 Å². The monoisotopic (exact) mass is 546 g/mol. The van der Waals surface area contributed by atoms with Crippen molar-refractivity contribution in [3.8, 4) is 0 Å². The first kappa shape index (κ1) is 26.8. The van der Waals surface area contributed by atoms with Crippen molar-refractivity contribution in [2.24, 2.45) is 0 Å². The zero-order valence-corrected chi connectivity index (χ0v) is 22.0. The Balaban J connectivity index is 1.43. The number of carbonyl (C=O) groups excluding carboxylic acids is 3. The predicted octanol–water partition coefficient (Wildman–Crippen LogP) is 1.03. The van der Waals surface area contributed by atoms with Crippen LogP contribution in [0.15, 0.2) is 61.2 Å². The Morgan fingerprint density at radius 2 is 1.93 bits per heavy atom. The Kier molecular flexibility index (Phi) is 7.47. The van der Waals surface area contributed by atoms with Crippen molar-refractivity contribution < 1.29 is 24.3 Å². The van der Waals surface area contributed by atoms with Crippen LogP contribution < -0.4 is 5.32 Å². The molecule has 13 nitrogen and oxygen atoms in total. The predicted molar refractivity (Wildman–Crippen MR) is 143 cm³/mol. The van der Waals surface area contributed by atoms with E-state index in [1.807, 2.05) is 30.3 Å². The minimum absolute atomic E-state index is 0.0646. The molecule has 2 atom stereocenters. The van der Waals surface area contributed by atoms with Crippen LogP contribution in [0.1, 0.15) is 18.1 Å². The molecule has 0 radical (unpaired) electrons. The fraction of sp³-hybridized carbons (Fsp3) is 0.333. The Labute approximate surface area is 230 Å². The molecular formula is C27H30N8O5. The van der Waals surface area contributed by atoms with Crippen molar-refractivity contribution in [1.82, 2.24) is 40.1 Å². The smallest absolute Gasteiger partial charge is 0.334 e. The third-order valence-electron chi connectivity index (χ3n) is 7.09. The number of fused-ring (bicyclic) bond motifs is 2. The number of carboxylic acid groups (broad SMARTS) is 1. The summed E-state index contributed by atoms with van der Waals surface area (Å²) in [4.78, 5) is 54.5. The Hall–Kier alpha value is -4.78. The highest BCUT2D eigenvalue weighted by Crippen LogP contribution is 2.28. The van der Waals surface area contributed by atoms with E-state index in [4.69, 9.17) is 0 Å². The van der Waals surface area contributed by atoms with Gasteiger partial charge in [0.05, 0.1) is 18.6 Å². The van der Waals surface area contributed by atoms with Gasteiger partial charge in [-0.1, -0.05) is 53.8 Å². The standard InChI is InChI=1S/C27H30N8O5/c1-3-12-32-16-23(36)34-18(2)26(39)31(14-20-10-7-11-21-25(20)29-30-33(21)17-24(37)38)15-22(34)35(32)27(40)28-13-19-8-5-4-6-9-19/h3-11,18,22H,1,12-17H2,2H3,(H,28,40)(H,37,38)/t18-,22-/m0/s1. The normalized spacial score (nSPS) is 19.6. The summed E-state index contributed by atoms with van der Waals surface area (Å²) < 4.78 is 1.29. The largest absolute Gasteiger partial charge is 0.480 e. The van der Waals surface area contributed by atoms with Crippen molar-refractivity contribution >= 4 is 34.8 Å². The van der Waals surface area contributed by atoms with Crippen LogP contribution in [-0.2, 0) is 34.0 Å². The fourth-order valence-corrected chi connectivity index (χ4v) is 5.29. The highest BCUT2D eigenvalue weighted by Gasteiger charge is 2.49. The quantitative estimate of drug-likeness (QED) is 0.399. The van der Waals surface area contributed by atoms with E-state index in [0.29, 0.717) is 23.1 Å². The Morgan fingerprint density at radius 1 is 1.15 bits per heavy atom. The lowest BCUT2D eigenvalue weighted by molar-refractivity contribution is -0.188. The molecule has 2 aliphatic rings. The Morgan fingerprint density at radius 3 is 2.65 bits per heavy atom. The molecule has 208 valence electrons. The summed E-state index contributed by atoms with van der Waals surface area (Å²) in [6, 6.07) is 13.6. The maximum Gasteiger partial charge on any atom is 0.334 e. The van der Waals surface area contributed by atoms with Crippen LogP contribution in [0.3, 0.4) is 0 Å². The average molecular weight is 547 g/mol. The molecule has 5 rings (SSSR count). The minimum atomic E-state index is -1.05. The second-order valence-corrected chi connectivity index (χ2v) is 9.73. The first-order valence-corrected chi connectivity index (χ1v) is 12.9. The molecule has 2 aromatic carbocycles. The van der Waals surface area contributed by atoms with Crippen LogP contribution in [0, 0.1) is 0 Å². The molecule has 13 heteroatoms. The average Bonchev–Trinajstić information content (AvgIpc) is 3.34. The van der Waals surface area contributed by atoms with Gasteiger partial charge >= 0.3 is 12.0 Å². The van der Waals surface area contributed by atoms with E-state index in [2.05, 4.69) is 22.2 Å². The summed E-state index contributed by atoms with van der Waals surface area (Å²) in [6.45, 7) is 5.81. The third kappa shape index (κ3) is 5.10. The zero-order valence-electron chi connectivity index (χ0n) is 22.0. The number of rotatable bonds is 8. The summed E-state index contributed by atoms with van der Waals surface area (Å²) in [5.41, 5.74) is 2.62. The highest BCUT2D eigenvalue weighted by molar-refractivity contribution is 5.91. The third-order valence-corrected chi connectivity index (χ3v) is 7.09. The number of nitrogens with zero attached hydrogens (tertiary/aromatic N) is 7. The molecule has 1 aromatic heterocycles. The maximum absolute atomic E-state index is 13.6. The van der Waals surface area contributed by atoms with Crippen LogP contribution >= 0.6 is 0 Å². The van der Waals surface area contributed by atoms with Gasteiger partial charge in [-0.2, -0.15) is 0 Å². The van der Waals surface area contributed by atoms with Gasteiger partial charge in [0.15, 0.2) is 0 Å². The molecular weight excluding hydrogens is 516 g/mol. The number of aliphatic carboxylic acids is 1. The highest BCUT2D eigenvalue weighted by atomic mass is 16.4.